The molecule has 0 radical (unpaired) electrons. The first-order chi connectivity index (χ1) is 7.31. The van der Waals surface area contributed by atoms with Crippen molar-refractivity contribution < 1.29 is 9.84 Å². The molecule has 0 saturated heterocycles. The van der Waals surface area contributed by atoms with Crippen LogP contribution < -0.4 is 10.1 Å². The first-order valence-electron chi connectivity index (χ1n) is 5.50. The van der Waals surface area contributed by atoms with Crippen LogP contribution >= 0.6 is 0 Å². The highest BCUT2D eigenvalue weighted by Gasteiger charge is 2.14. The summed E-state index contributed by atoms with van der Waals surface area (Å²) in [6.45, 7) is 2.75. The third kappa shape index (κ3) is 2.23. The van der Waals surface area contributed by atoms with Gasteiger partial charge >= 0.3 is 0 Å². The van der Waals surface area contributed by atoms with Crippen LogP contribution in [0.4, 0.5) is 5.69 Å². The number of benzene rings is 1. The van der Waals surface area contributed by atoms with Crippen LogP contribution in [0.2, 0.25) is 0 Å². The van der Waals surface area contributed by atoms with Gasteiger partial charge in [-0.3, -0.25) is 0 Å². The van der Waals surface area contributed by atoms with E-state index >= 15 is 0 Å². The van der Waals surface area contributed by atoms with Crippen LogP contribution in [0, 0.1) is 0 Å². The minimum atomic E-state index is -0.474. The van der Waals surface area contributed by atoms with Crippen LogP contribution in [0.5, 0.6) is 5.75 Å². The number of rotatable bonds is 3. The molecular formula is C12H17NO2. The summed E-state index contributed by atoms with van der Waals surface area (Å²) in [5.41, 5.74) is 2.19. The molecule has 2 N–H and O–H groups in total. The topological polar surface area (TPSA) is 41.5 Å². The molecule has 0 amide bonds. The maximum Gasteiger partial charge on any atom is 0.124 e. The van der Waals surface area contributed by atoms with E-state index in [9.17, 15) is 5.11 Å². The molecule has 1 atom stereocenters. The SMILES string of the molecule is CCC(O)Nc1cccc2c1CCCO2. The molecule has 1 unspecified atom stereocenters. The highest BCUT2D eigenvalue weighted by atomic mass is 16.5. The Labute approximate surface area is 90.1 Å². The van der Waals surface area contributed by atoms with Crippen molar-refractivity contribution in [1.82, 2.24) is 0 Å². The van der Waals surface area contributed by atoms with E-state index in [4.69, 9.17) is 4.74 Å². The molecular weight excluding hydrogens is 190 g/mol. The Morgan fingerprint density at radius 2 is 2.40 bits per heavy atom. The van der Waals surface area contributed by atoms with Crippen molar-refractivity contribution in [3.05, 3.63) is 23.8 Å². The lowest BCUT2D eigenvalue weighted by molar-refractivity contribution is 0.199. The van der Waals surface area contributed by atoms with Gasteiger partial charge in [-0.25, -0.2) is 0 Å². The van der Waals surface area contributed by atoms with Crippen molar-refractivity contribution in [3.8, 4) is 5.75 Å². The van der Waals surface area contributed by atoms with Crippen LogP contribution in [-0.2, 0) is 6.42 Å². The minimum Gasteiger partial charge on any atom is -0.493 e. The zero-order valence-corrected chi connectivity index (χ0v) is 8.99. The Morgan fingerprint density at radius 3 is 3.20 bits per heavy atom. The number of ether oxygens (including phenoxy) is 1. The van der Waals surface area contributed by atoms with Crippen LogP contribution in [0.3, 0.4) is 0 Å². The lowest BCUT2D eigenvalue weighted by Crippen LogP contribution is -2.19. The molecule has 0 saturated carbocycles. The molecule has 1 aliphatic heterocycles. The van der Waals surface area contributed by atoms with E-state index in [0.29, 0.717) is 6.42 Å². The predicted octanol–water partition coefficient (Wildman–Crippen LogP) is 2.15. The molecule has 0 fully saturated rings. The molecule has 0 aliphatic carbocycles. The molecule has 3 nitrogen and oxygen atoms in total. The van der Waals surface area contributed by atoms with Gasteiger partial charge in [-0.1, -0.05) is 13.0 Å². The average Bonchev–Trinajstić information content (AvgIpc) is 2.29. The summed E-state index contributed by atoms with van der Waals surface area (Å²) in [6, 6.07) is 5.93. The van der Waals surface area contributed by atoms with Gasteiger partial charge in [0.1, 0.15) is 12.0 Å². The van der Waals surface area contributed by atoms with Gasteiger partial charge in [-0.15, -0.1) is 0 Å². The van der Waals surface area contributed by atoms with Crippen molar-refractivity contribution in [3.63, 3.8) is 0 Å². The second kappa shape index (κ2) is 4.53. The quantitative estimate of drug-likeness (QED) is 0.746. The Balaban J connectivity index is 2.23. The Kier molecular flexibility index (Phi) is 3.11. The largest absolute Gasteiger partial charge is 0.493 e. The van der Waals surface area contributed by atoms with E-state index in [1.165, 1.54) is 5.56 Å². The average molecular weight is 207 g/mol. The molecule has 1 aromatic carbocycles. The number of fused-ring (bicyclic) bond motifs is 1. The summed E-state index contributed by atoms with van der Waals surface area (Å²) >= 11 is 0. The van der Waals surface area contributed by atoms with Gasteiger partial charge in [0.2, 0.25) is 0 Å². The van der Waals surface area contributed by atoms with E-state index in [-0.39, 0.29) is 0 Å². The van der Waals surface area contributed by atoms with Gasteiger partial charge in [-0.2, -0.15) is 0 Å². The van der Waals surface area contributed by atoms with Crippen molar-refractivity contribution in [1.29, 1.82) is 0 Å². The van der Waals surface area contributed by atoms with Gasteiger partial charge in [0.05, 0.1) is 6.61 Å². The predicted molar refractivity (Wildman–Crippen MR) is 60.2 cm³/mol. The zero-order chi connectivity index (χ0) is 10.7. The standard InChI is InChI=1S/C12H17NO2/c1-2-12(14)13-10-6-3-7-11-9(10)5-4-8-15-11/h3,6-7,12-14H,2,4-5,8H2,1H3. The van der Waals surface area contributed by atoms with E-state index in [1.54, 1.807) is 0 Å². The van der Waals surface area contributed by atoms with E-state index in [0.717, 1.165) is 30.9 Å². The fourth-order valence-electron chi connectivity index (χ4n) is 1.81. The number of aliphatic hydroxyl groups is 1. The zero-order valence-electron chi connectivity index (χ0n) is 8.99. The number of aliphatic hydroxyl groups excluding tert-OH is 1. The van der Waals surface area contributed by atoms with Crippen LogP contribution in [0.15, 0.2) is 18.2 Å². The number of hydrogen-bond acceptors (Lipinski definition) is 3. The van der Waals surface area contributed by atoms with Gasteiger partial charge in [0.15, 0.2) is 0 Å². The molecule has 0 aromatic heterocycles. The first-order valence-corrected chi connectivity index (χ1v) is 5.50. The summed E-state index contributed by atoms with van der Waals surface area (Å²) in [6.07, 6.45) is 2.30. The summed E-state index contributed by atoms with van der Waals surface area (Å²) in [4.78, 5) is 0. The molecule has 3 heteroatoms. The molecule has 1 aromatic rings. The molecule has 0 spiro atoms. The summed E-state index contributed by atoms with van der Waals surface area (Å²) in [5.74, 6) is 0.953. The smallest absolute Gasteiger partial charge is 0.124 e. The molecule has 0 bridgehead atoms. The van der Waals surface area contributed by atoms with Gasteiger partial charge in [-0.05, 0) is 31.4 Å². The summed E-state index contributed by atoms with van der Waals surface area (Å²) < 4.78 is 5.56. The van der Waals surface area contributed by atoms with E-state index in [2.05, 4.69) is 5.32 Å². The fourth-order valence-corrected chi connectivity index (χ4v) is 1.81. The highest BCUT2D eigenvalue weighted by molar-refractivity contribution is 5.58. The lowest BCUT2D eigenvalue weighted by Gasteiger charge is -2.22. The highest BCUT2D eigenvalue weighted by Crippen LogP contribution is 2.31. The summed E-state index contributed by atoms with van der Waals surface area (Å²) in [7, 11) is 0. The van der Waals surface area contributed by atoms with Crippen molar-refractivity contribution in [2.45, 2.75) is 32.4 Å². The second-order valence-corrected chi connectivity index (χ2v) is 3.80. The third-order valence-electron chi connectivity index (χ3n) is 2.67. The van der Waals surface area contributed by atoms with Gasteiger partial charge in [0.25, 0.3) is 0 Å². The fraction of sp³-hybridized carbons (Fsp3) is 0.500. The van der Waals surface area contributed by atoms with Gasteiger partial charge < -0.3 is 15.2 Å². The van der Waals surface area contributed by atoms with Crippen LogP contribution in [0.25, 0.3) is 0 Å². The minimum absolute atomic E-state index is 0.474. The molecule has 15 heavy (non-hydrogen) atoms. The van der Waals surface area contributed by atoms with E-state index in [1.807, 2.05) is 25.1 Å². The molecule has 2 rings (SSSR count). The normalized spacial score (nSPS) is 16.4. The van der Waals surface area contributed by atoms with Crippen molar-refractivity contribution in [2.75, 3.05) is 11.9 Å². The molecule has 82 valence electrons. The molecule has 1 heterocycles. The van der Waals surface area contributed by atoms with Crippen molar-refractivity contribution in [2.24, 2.45) is 0 Å². The maximum absolute atomic E-state index is 9.56. The number of hydrogen-bond donors (Lipinski definition) is 2. The van der Waals surface area contributed by atoms with Crippen LogP contribution in [-0.4, -0.2) is 17.9 Å². The van der Waals surface area contributed by atoms with Gasteiger partial charge in [0, 0.05) is 11.3 Å². The monoisotopic (exact) mass is 207 g/mol. The Hall–Kier alpha value is -1.22. The Morgan fingerprint density at radius 1 is 1.53 bits per heavy atom. The third-order valence-corrected chi connectivity index (χ3v) is 2.67. The number of anilines is 1. The summed E-state index contributed by atoms with van der Waals surface area (Å²) in [5, 5.41) is 12.7. The number of nitrogens with one attached hydrogen (secondary N) is 1. The van der Waals surface area contributed by atoms with E-state index < -0.39 is 6.23 Å². The lowest BCUT2D eigenvalue weighted by atomic mass is 10.0. The molecule has 1 aliphatic rings. The second-order valence-electron chi connectivity index (χ2n) is 3.80. The maximum atomic E-state index is 9.56. The first kappa shape index (κ1) is 10.3. The Bertz CT molecular complexity index is 338. The van der Waals surface area contributed by atoms with Crippen molar-refractivity contribution >= 4 is 5.69 Å². The van der Waals surface area contributed by atoms with Crippen LogP contribution in [0.1, 0.15) is 25.3 Å².